The quantitative estimate of drug-likeness (QED) is 0.237. The Balaban J connectivity index is 0.000000636. The van der Waals surface area contributed by atoms with E-state index in [0.717, 1.165) is 31.1 Å². The fraction of sp³-hybridized carbons (Fsp3) is 0.517. The van der Waals surface area contributed by atoms with E-state index in [1.54, 1.807) is 6.92 Å². The largest absolute Gasteiger partial charge is 0.370 e. The molecule has 0 amide bonds. The summed E-state index contributed by atoms with van der Waals surface area (Å²) in [4.78, 5) is 15.0. The Morgan fingerprint density at radius 3 is 2.35 bits per heavy atom. The van der Waals surface area contributed by atoms with Crippen molar-refractivity contribution in [3.63, 3.8) is 0 Å². The summed E-state index contributed by atoms with van der Waals surface area (Å²) in [6, 6.07) is 14.4. The van der Waals surface area contributed by atoms with E-state index in [1.807, 2.05) is 51.2 Å². The highest BCUT2D eigenvalue weighted by atomic mass is 31.1. The first-order chi connectivity index (χ1) is 16.3. The zero-order valence-electron chi connectivity index (χ0n) is 22.4. The second-order valence-corrected chi connectivity index (χ2v) is 9.67. The molecule has 1 aromatic heterocycles. The minimum absolute atomic E-state index is 0.197. The van der Waals surface area contributed by atoms with Crippen molar-refractivity contribution in [2.24, 2.45) is 5.92 Å². The molecule has 1 N–H and O–H groups in total. The molecule has 0 saturated carbocycles. The van der Waals surface area contributed by atoms with Crippen LogP contribution in [0.5, 0.6) is 0 Å². The summed E-state index contributed by atoms with van der Waals surface area (Å²) in [5.74, 6) is 0.845. The molecule has 3 atom stereocenters. The number of nitrogens with zero attached hydrogens (tertiary/aromatic N) is 1. The molecule has 0 radical (unpaired) electrons. The first-order valence-corrected chi connectivity index (χ1v) is 13.7. The molecule has 0 spiro atoms. The highest BCUT2D eigenvalue weighted by Gasteiger charge is 2.26. The van der Waals surface area contributed by atoms with Crippen LogP contribution in [0.3, 0.4) is 0 Å². The molecule has 1 aromatic carbocycles. The molecule has 3 unspecified atom stereocenters. The summed E-state index contributed by atoms with van der Waals surface area (Å²) in [5, 5.41) is 3.17. The molecule has 1 saturated heterocycles. The number of allylic oxidation sites excluding steroid dienone is 1. The van der Waals surface area contributed by atoms with Gasteiger partial charge in [-0.3, -0.25) is 14.9 Å². The topological polar surface area (TPSA) is 51.2 Å². The molecule has 34 heavy (non-hydrogen) atoms. The van der Waals surface area contributed by atoms with Gasteiger partial charge in [-0.1, -0.05) is 78.4 Å². The Hall–Kier alpha value is -1.87. The van der Waals surface area contributed by atoms with Crippen LogP contribution < -0.4 is 5.09 Å². The van der Waals surface area contributed by atoms with Gasteiger partial charge in [0.15, 0.2) is 0 Å². The number of aromatic nitrogens is 1. The van der Waals surface area contributed by atoms with E-state index < -0.39 is 0 Å². The second-order valence-electron chi connectivity index (χ2n) is 8.46. The predicted molar refractivity (Wildman–Crippen MR) is 150 cm³/mol. The summed E-state index contributed by atoms with van der Waals surface area (Å²) < 4.78 is 6.11. The monoisotopic (exact) mass is 486 g/mol. The van der Waals surface area contributed by atoms with Crippen LogP contribution in [0.15, 0.2) is 61.3 Å². The molecule has 0 bridgehead atoms. The Morgan fingerprint density at radius 2 is 1.85 bits per heavy atom. The average Bonchev–Trinajstić information content (AvgIpc) is 3.30. The number of carbonyl (C=O) groups is 1. The maximum atomic E-state index is 10.8. The highest BCUT2D eigenvalue weighted by Crippen LogP contribution is 2.34. The van der Waals surface area contributed by atoms with E-state index in [9.17, 15) is 4.79 Å². The molecule has 190 valence electrons. The maximum Gasteiger partial charge on any atom is 0.143 e. The molecule has 3 rings (SSSR count). The number of nitrogens with one attached hydrogen (secondary N) is 1. The van der Waals surface area contributed by atoms with Gasteiger partial charge in [0.25, 0.3) is 0 Å². The van der Waals surface area contributed by atoms with Crippen LogP contribution in [0, 0.1) is 19.8 Å². The predicted octanol–water partition coefficient (Wildman–Crippen LogP) is 7.62. The fourth-order valence-electron chi connectivity index (χ4n) is 2.97. The van der Waals surface area contributed by atoms with Gasteiger partial charge in [-0.25, -0.2) is 0 Å². The van der Waals surface area contributed by atoms with Crippen molar-refractivity contribution in [1.29, 1.82) is 0 Å². The fourth-order valence-corrected chi connectivity index (χ4v) is 3.99. The molecule has 4 nitrogen and oxygen atoms in total. The van der Waals surface area contributed by atoms with E-state index in [1.165, 1.54) is 11.1 Å². The second kappa shape index (κ2) is 20.5. The first kappa shape index (κ1) is 32.1. The molecule has 0 aliphatic carbocycles. The molecule has 1 fully saturated rings. The van der Waals surface area contributed by atoms with Crippen LogP contribution in [-0.2, 0) is 9.53 Å². The number of carbonyl (C=O) groups excluding carboxylic acids is 1. The van der Waals surface area contributed by atoms with E-state index in [0.29, 0.717) is 27.3 Å². The summed E-state index contributed by atoms with van der Waals surface area (Å²) in [6.07, 6.45) is 8.75. The normalized spacial score (nSPS) is 16.6. The van der Waals surface area contributed by atoms with Crippen molar-refractivity contribution < 1.29 is 9.53 Å². The summed E-state index contributed by atoms with van der Waals surface area (Å²) in [7, 11) is 0.647. The van der Waals surface area contributed by atoms with E-state index in [4.69, 9.17) is 4.74 Å². The zero-order valence-corrected chi connectivity index (χ0v) is 23.4. The Labute approximate surface area is 210 Å². The third kappa shape index (κ3) is 16.7. The number of rotatable bonds is 8. The molecule has 5 heteroatoms. The molecule has 1 aliphatic rings. The number of hydrogen-bond donors (Lipinski definition) is 1. The third-order valence-corrected chi connectivity index (χ3v) is 5.83. The van der Waals surface area contributed by atoms with E-state index in [-0.39, 0.29) is 11.9 Å². The van der Waals surface area contributed by atoms with Crippen molar-refractivity contribution in [2.45, 2.75) is 79.9 Å². The average molecular weight is 487 g/mol. The van der Waals surface area contributed by atoms with Crippen molar-refractivity contribution in [1.82, 2.24) is 10.1 Å². The minimum atomic E-state index is 0.197. The molecule has 2 heterocycles. The molecular formula is C29H47N2O2P. The number of aryl methyl sites for hydroxylation is 2. The van der Waals surface area contributed by atoms with Crippen LogP contribution in [0.2, 0.25) is 0 Å². The zero-order chi connectivity index (χ0) is 25.8. The first-order valence-electron chi connectivity index (χ1n) is 12.5. The van der Waals surface area contributed by atoms with Gasteiger partial charge in [0, 0.05) is 11.9 Å². The van der Waals surface area contributed by atoms with Crippen molar-refractivity contribution in [3.8, 4) is 0 Å². The summed E-state index contributed by atoms with van der Waals surface area (Å²) in [5.41, 5.74) is 3.61. The molecule has 2 aromatic rings. The Kier molecular flexibility index (Phi) is 19.4. The van der Waals surface area contributed by atoms with Gasteiger partial charge in [-0.15, -0.1) is 6.58 Å². The lowest BCUT2D eigenvalue weighted by atomic mass is 10.1. The number of Topliss-reactive ketones (excluding diaryl/α,β-unsaturated/α-hetero) is 1. The molecule has 1 aliphatic heterocycles. The van der Waals surface area contributed by atoms with Gasteiger partial charge < -0.3 is 4.74 Å². The van der Waals surface area contributed by atoms with Gasteiger partial charge >= 0.3 is 0 Å². The SMILES string of the molecule is C=CC(C)C.CC.CC(=O)CNPCCC1CCC(c2ccnc(C)c2)O1.Cc1ccccc1. The van der Waals surface area contributed by atoms with Crippen molar-refractivity contribution in [3.05, 3.63) is 78.1 Å². The Morgan fingerprint density at radius 1 is 1.21 bits per heavy atom. The van der Waals surface area contributed by atoms with Gasteiger partial charge in [-0.2, -0.15) is 0 Å². The van der Waals surface area contributed by atoms with E-state index in [2.05, 4.69) is 61.7 Å². The number of pyridine rings is 1. The lowest BCUT2D eigenvalue weighted by Crippen LogP contribution is -2.14. The third-order valence-electron chi connectivity index (χ3n) is 4.87. The van der Waals surface area contributed by atoms with Crippen LogP contribution in [0.1, 0.15) is 76.8 Å². The smallest absolute Gasteiger partial charge is 0.143 e. The number of ketones is 1. The standard InChI is InChI=1S/C15H23N2O2P.C7H8.C5H10.C2H6/c1-11-9-13(5-7-16-11)15-4-3-14(19-15)6-8-20-17-10-12(2)18;1-7-5-3-2-4-6-7;1-4-5(2)3;1-2/h5,7,9,14-15,17,20H,3-4,6,8,10H2,1-2H3;2-6H,1H3;4-5H,1H2,2-3H3;1-2H3. The summed E-state index contributed by atoms with van der Waals surface area (Å²) >= 11 is 0. The van der Waals surface area contributed by atoms with Crippen LogP contribution in [-0.4, -0.2) is 29.6 Å². The van der Waals surface area contributed by atoms with Crippen LogP contribution in [0.25, 0.3) is 0 Å². The van der Waals surface area contributed by atoms with Crippen molar-refractivity contribution in [2.75, 3.05) is 12.7 Å². The molecular weight excluding hydrogens is 439 g/mol. The highest BCUT2D eigenvalue weighted by molar-refractivity contribution is 7.35. The van der Waals surface area contributed by atoms with Gasteiger partial charge in [0.1, 0.15) is 5.78 Å². The number of benzene rings is 1. The maximum absolute atomic E-state index is 10.8. The van der Waals surface area contributed by atoms with Gasteiger partial charge in [0.2, 0.25) is 0 Å². The Bertz CT molecular complexity index is 781. The summed E-state index contributed by atoms with van der Waals surface area (Å²) in [6.45, 7) is 18.0. The van der Waals surface area contributed by atoms with E-state index >= 15 is 0 Å². The van der Waals surface area contributed by atoms with Crippen LogP contribution >= 0.6 is 8.73 Å². The van der Waals surface area contributed by atoms with Gasteiger partial charge in [-0.05, 0) is 69.8 Å². The van der Waals surface area contributed by atoms with Gasteiger partial charge in [0.05, 0.1) is 18.8 Å². The number of hydrogen-bond acceptors (Lipinski definition) is 4. The minimum Gasteiger partial charge on any atom is -0.370 e. The lowest BCUT2D eigenvalue weighted by molar-refractivity contribution is -0.115. The lowest BCUT2D eigenvalue weighted by Gasteiger charge is -2.14. The van der Waals surface area contributed by atoms with Crippen LogP contribution in [0.4, 0.5) is 0 Å². The van der Waals surface area contributed by atoms with Crippen molar-refractivity contribution >= 4 is 14.5 Å². The number of ether oxygens (including phenoxy) is 1.